The van der Waals surface area contributed by atoms with E-state index in [1.54, 1.807) is 6.92 Å². The SMILES string of the molecule is CCOC(=O)c1nc(CCC(C)C)oc1Cc1ccc(Cl)cc1. The Hall–Kier alpha value is -1.81. The van der Waals surface area contributed by atoms with Gasteiger partial charge < -0.3 is 9.15 Å². The molecule has 23 heavy (non-hydrogen) atoms. The van der Waals surface area contributed by atoms with E-state index in [9.17, 15) is 4.79 Å². The first-order chi connectivity index (χ1) is 11.0. The molecule has 124 valence electrons. The first-order valence-corrected chi connectivity index (χ1v) is 8.27. The molecule has 2 aromatic rings. The smallest absolute Gasteiger partial charge is 0.360 e. The Kier molecular flexibility index (Phi) is 6.22. The fraction of sp³-hybridized carbons (Fsp3) is 0.444. The first kappa shape index (κ1) is 17.5. The van der Waals surface area contributed by atoms with Crippen LogP contribution in [-0.4, -0.2) is 17.6 Å². The van der Waals surface area contributed by atoms with Gasteiger partial charge in [0.15, 0.2) is 11.6 Å². The number of hydrogen-bond donors (Lipinski definition) is 0. The summed E-state index contributed by atoms with van der Waals surface area (Å²) in [5.41, 5.74) is 1.28. The molecule has 0 unspecified atom stereocenters. The number of aryl methyl sites for hydroxylation is 1. The number of ether oxygens (including phenoxy) is 1. The second kappa shape index (κ2) is 8.16. The molecule has 0 aliphatic rings. The van der Waals surface area contributed by atoms with Crippen molar-refractivity contribution in [3.05, 3.63) is 52.2 Å². The van der Waals surface area contributed by atoms with Crippen LogP contribution in [0.15, 0.2) is 28.7 Å². The fourth-order valence-electron chi connectivity index (χ4n) is 2.19. The molecule has 0 N–H and O–H groups in total. The van der Waals surface area contributed by atoms with Gasteiger partial charge in [0.05, 0.1) is 6.61 Å². The van der Waals surface area contributed by atoms with Crippen LogP contribution in [0.25, 0.3) is 0 Å². The Morgan fingerprint density at radius 3 is 2.61 bits per heavy atom. The van der Waals surface area contributed by atoms with E-state index < -0.39 is 5.97 Å². The summed E-state index contributed by atoms with van der Waals surface area (Å²) >= 11 is 5.90. The summed E-state index contributed by atoms with van der Waals surface area (Å²) < 4.78 is 10.9. The predicted octanol–water partition coefficient (Wildman–Crippen LogP) is 4.68. The summed E-state index contributed by atoms with van der Waals surface area (Å²) in [6, 6.07) is 7.45. The molecule has 1 aromatic heterocycles. The molecule has 0 aliphatic carbocycles. The number of nitrogens with zero attached hydrogens (tertiary/aromatic N) is 1. The summed E-state index contributed by atoms with van der Waals surface area (Å²) in [7, 11) is 0. The Labute approximate surface area is 141 Å². The van der Waals surface area contributed by atoms with Crippen LogP contribution in [0.4, 0.5) is 0 Å². The molecule has 2 rings (SSSR count). The van der Waals surface area contributed by atoms with Crippen molar-refractivity contribution < 1.29 is 13.9 Å². The summed E-state index contributed by atoms with van der Waals surface area (Å²) in [5.74, 6) is 1.25. The van der Waals surface area contributed by atoms with Gasteiger partial charge in [-0.1, -0.05) is 37.6 Å². The third-order valence-electron chi connectivity index (χ3n) is 3.42. The maximum absolute atomic E-state index is 12.1. The number of benzene rings is 1. The molecular formula is C18H22ClNO3. The highest BCUT2D eigenvalue weighted by molar-refractivity contribution is 6.30. The average Bonchev–Trinajstić information content (AvgIpc) is 2.91. The third kappa shape index (κ3) is 5.10. The van der Waals surface area contributed by atoms with Crippen molar-refractivity contribution in [2.75, 3.05) is 6.61 Å². The minimum Gasteiger partial charge on any atom is -0.461 e. The predicted molar refractivity (Wildman–Crippen MR) is 89.9 cm³/mol. The maximum atomic E-state index is 12.1. The minimum absolute atomic E-state index is 0.278. The number of esters is 1. The maximum Gasteiger partial charge on any atom is 0.360 e. The zero-order chi connectivity index (χ0) is 16.8. The lowest BCUT2D eigenvalue weighted by molar-refractivity contribution is 0.0518. The number of carbonyl (C=O) groups is 1. The van der Waals surface area contributed by atoms with Gasteiger partial charge in [-0.15, -0.1) is 0 Å². The van der Waals surface area contributed by atoms with E-state index in [1.165, 1.54) is 0 Å². The van der Waals surface area contributed by atoms with Crippen molar-refractivity contribution in [2.45, 2.75) is 40.0 Å². The van der Waals surface area contributed by atoms with Gasteiger partial charge in [-0.3, -0.25) is 0 Å². The van der Waals surface area contributed by atoms with Crippen molar-refractivity contribution in [1.82, 2.24) is 4.98 Å². The van der Waals surface area contributed by atoms with E-state index in [4.69, 9.17) is 20.8 Å². The lowest BCUT2D eigenvalue weighted by atomic mass is 10.1. The molecule has 5 heteroatoms. The molecule has 0 radical (unpaired) electrons. The fourth-order valence-corrected chi connectivity index (χ4v) is 2.31. The molecule has 0 aliphatic heterocycles. The second-order valence-electron chi connectivity index (χ2n) is 5.84. The number of hydrogen-bond acceptors (Lipinski definition) is 4. The van der Waals surface area contributed by atoms with Gasteiger partial charge in [0, 0.05) is 17.9 Å². The van der Waals surface area contributed by atoms with Gasteiger partial charge in [-0.25, -0.2) is 9.78 Å². The van der Waals surface area contributed by atoms with E-state index in [0.29, 0.717) is 42.0 Å². The number of rotatable bonds is 7. The second-order valence-corrected chi connectivity index (χ2v) is 6.27. The van der Waals surface area contributed by atoms with Crippen molar-refractivity contribution in [3.63, 3.8) is 0 Å². The summed E-state index contributed by atoms with van der Waals surface area (Å²) in [4.78, 5) is 16.4. The Morgan fingerprint density at radius 1 is 1.30 bits per heavy atom. The number of carbonyl (C=O) groups excluding carboxylic acids is 1. The summed E-state index contributed by atoms with van der Waals surface area (Å²) in [6.45, 7) is 6.37. The highest BCUT2D eigenvalue weighted by Gasteiger charge is 2.21. The molecule has 1 heterocycles. The van der Waals surface area contributed by atoms with Gasteiger partial charge in [-0.2, -0.15) is 0 Å². The molecule has 0 fully saturated rings. The zero-order valence-electron chi connectivity index (χ0n) is 13.8. The van der Waals surface area contributed by atoms with E-state index in [1.807, 2.05) is 24.3 Å². The minimum atomic E-state index is -0.434. The molecule has 0 bridgehead atoms. The molecular weight excluding hydrogens is 314 g/mol. The zero-order valence-corrected chi connectivity index (χ0v) is 14.5. The van der Waals surface area contributed by atoms with E-state index in [-0.39, 0.29) is 5.69 Å². The van der Waals surface area contributed by atoms with E-state index in [0.717, 1.165) is 12.0 Å². The van der Waals surface area contributed by atoms with Gasteiger partial charge in [0.25, 0.3) is 0 Å². The normalized spacial score (nSPS) is 11.0. The van der Waals surface area contributed by atoms with Crippen LogP contribution >= 0.6 is 11.6 Å². The molecule has 0 saturated carbocycles. The van der Waals surface area contributed by atoms with Crippen LogP contribution in [0.3, 0.4) is 0 Å². The van der Waals surface area contributed by atoms with Crippen molar-refractivity contribution in [3.8, 4) is 0 Å². The standard InChI is InChI=1S/C18H22ClNO3/c1-4-22-18(21)17-15(11-13-6-8-14(19)9-7-13)23-16(20-17)10-5-12(2)3/h6-9,12H,4-5,10-11H2,1-3H3. The quantitative estimate of drug-likeness (QED) is 0.689. The van der Waals surface area contributed by atoms with Crippen LogP contribution in [0, 0.1) is 5.92 Å². The monoisotopic (exact) mass is 335 g/mol. The van der Waals surface area contributed by atoms with Gasteiger partial charge in [0.1, 0.15) is 5.76 Å². The highest BCUT2D eigenvalue weighted by Crippen LogP contribution is 2.20. The molecule has 0 saturated heterocycles. The highest BCUT2D eigenvalue weighted by atomic mass is 35.5. The molecule has 0 atom stereocenters. The molecule has 1 aromatic carbocycles. The van der Waals surface area contributed by atoms with E-state index >= 15 is 0 Å². The van der Waals surface area contributed by atoms with Gasteiger partial charge in [0.2, 0.25) is 0 Å². The van der Waals surface area contributed by atoms with Gasteiger partial charge >= 0.3 is 5.97 Å². The lowest BCUT2D eigenvalue weighted by Gasteiger charge is -2.02. The molecule has 0 spiro atoms. The van der Waals surface area contributed by atoms with Crippen LogP contribution in [0.5, 0.6) is 0 Å². The van der Waals surface area contributed by atoms with Gasteiger partial charge in [-0.05, 0) is 37.0 Å². The van der Waals surface area contributed by atoms with Crippen molar-refractivity contribution >= 4 is 17.6 Å². The lowest BCUT2D eigenvalue weighted by Crippen LogP contribution is -2.08. The number of aromatic nitrogens is 1. The Balaban J connectivity index is 2.23. The molecule has 4 nitrogen and oxygen atoms in total. The van der Waals surface area contributed by atoms with Crippen LogP contribution in [0.2, 0.25) is 5.02 Å². The average molecular weight is 336 g/mol. The largest absolute Gasteiger partial charge is 0.461 e. The van der Waals surface area contributed by atoms with Crippen molar-refractivity contribution in [1.29, 1.82) is 0 Å². The topological polar surface area (TPSA) is 52.3 Å². The number of oxazole rings is 1. The number of halogens is 1. The summed E-state index contributed by atoms with van der Waals surface area (Å²) in [5, 5.41) is 0.676. The van der Waals surface area contributed by atoms with Crippen LogP contribution in [-0.2, 0) is 17.6 Å². The third-order valence-corrected chi connectivity index (χ3v) is 3.68. The first-order valence-electron chi connectivity index (χ1n) is 7.89. The van der Waals surface area contributed by atoms with Crippen LogP contribution < -0.4 is 0 Å². The Bertz CT molecular complexity index is 647. The van der Waals surface area contributed by atoms with Crippen LogP contribution in [0.1, 0.15) is 54.9 Å². The van der Waals surface area contributed by atoms with E-state index in [2.05, 4.69) is 18.8 Å². The summed E-state index contributed by atoms with van der Waals surface area (Å²) in [6.07, 6.45) is 2.16. The molecule has 0 amide bonds. The van der Waals surface area contributed by atoms with Crippen molar-refractivity contribution in [2.24, 2.45) is 5.92 Å². The Morgan fingerprint density at radius 2 is 2.00 bits per heavy atom.